The highest BCUT2D eigenvalue weighted by molar-refractivity contribution is 7.89. The SMILES string of the molecule is CC(=O)Nc1ccc(S(=O)(=O)NC(c2ccc(F)cc2)c2cccs2)cc1. The Morgan fingerprint density at radius 2 is 1.70 bits per heavy atom. The minimum atomic E-state index is -3.84. The van der Waals surface area contributed by atoms with Crippen LogP contribution in [0.25, 0.3) is 0 Å². The maximum absolute atomic E-state index is 13.3. The Bertz CT molecular complexity index is 1020. The average molecular weight is 404 g/mol. The van der Waals surface area contributed by atoms with Crippen molar-refractivity contribution in [1.29, 1.82) is 0 Å². The lowest BCUT2D eigenvalue weighted by Crippen LogP contribution is -2.29. The summed E-state index contributed by atoms with van der Waals surface area (Å²) in [6.07, 6.45) is 0. The van der Waals surface area contributed by atoms with Crippen LogP contribution in [-0.4, -0.2) is 14.3 Å². The molecule has 140 valence electrons. The molecule has 1 aromatic heterocycles. The first-order chi connectivity index (χ1) is 12.8. The summed E-state index contributed by atoms with van der Waals surface area (Å²) in [5, 5.41) is 4.44. The van der Waals surface area contributed by atoms with Gasteiger partial charge in [0, 0.05) is 17.5 Å². The largest absolute Gasteiger partial charge is 0.326 e. The number of carbonyl (C=O) groups excluding carboxylic acids is 1. The summed E-state index contributed by atoms with van der Waals surface area (Å²) in [6, 6.07) is 14.6. The number of carbonyl (C=O) groups is 1. The molecule has 0 saturated heterocycles. The molecule has 0 spiro atoms. The molecular weight excluding hydrogens is 387 g/mol. The number of hydrogen-bond acceptors (Lipinski definition) is 4. The molecule has 0 aliphatic carbocycles. The Morgan fingerprint density at radius 1 is 1.04 bits per heavy atom. The predicted octanol–water partition coefficient (Wildman–Crippen LogP) is 3.91. The van der Waals surface area contributed by atoms with Crippen LogP contribution in [0.1, 0.15) is 23.4 Å². The van der Waals surface area contributed by atoms with Gasteiger partial charge in [0.25, 0.3) is 0 Å². The molecule has 3 aromatic rings. The van der Waals surface area contributed by atoms with Crippen LogP contribution in [0.4, 0.5) is 10.1 Å². The van der Waals surface area contributed by atoms with Crippen molar-refractivity contribution in [1.82, 2.24) is 4.72 Å². The molecule has 0 aliphatic rings. The Labute approximate surface area is 160 Å². The lowest BCUT2D eigenvalue weighted by Gasteiger charge is -2.18. The van der Waals surface area contributed by atoms with Crippen molar-refractivity contribution in [2.24, 2.45) is 0 Å². The van der Waals surface area contributed by atoms with Crippen LogP contribution in [0.2, 0.25) is 0 Å². The van der Waals surface area contributed by atoms with E-state index in [0.717, 1.165) is 4.88 Å². The summed E-state index contributed by atoms with van der Waals surface area (Å²) in [7, 11) is -3.84. The molecule has 1 atom stereocenters. The zero-order valence-corrected chi connectivity index (χ0v) is 16.0. The maximum atomic E-state index is 13.3. The number of nitrogens with one attached hydrogen (secondary N) is 2. The predicted molar refractivity (Wildman–Crippen MR) is 104 cm³/mol. The van der Waals surface area contributed by atoms with E-state index in [4.69, 9.17) is 0 Å². The van der Waals surface area contributed by atoms with Gasteiger partial charge in [0.1, 0.15) is 5.82 Å². The first kappa shape index (κ1) is 19.2. The molecule has 2 aromatic carbocycles. The van der Waals surface area contributed by atoms with E-state index in [-0.39, 0.29) is 16.6 Å². The number of sulfonamides is 1. The van der Waals surface area contributed by atoms with E-state index >= 15 is 0 Å². The molecule has 2 N–H and O–H groups in total. The molecule has 27 heavy (non-hydrogen) atoms. The molecule has 1 amide bonds. The molecular formula is C19H17FN2O3S2. The third kappa shape index (κ3) is 4.79. The lowest BCUT2D eigenvalue weighted by molar-refractivity contribution is -0.114. The molecule has 5 nitrogen and oxygen atoms in total. The summed E-state index contributed by atoms with van der Waals surface area (Å²) >= 11 is 1.41. The molecule has 1 heterocycles. The Kier molecular flexibility index (Phi) is 5.69. The van der Waals surface area contributed by atoms with Gasteiger partial charge in [-0.1, -0.05) is 18.2 Å². The van der Waals surface area contributed by atoms with Crippen molar-refractivity contribution < 1.29 is 17.6 Å². The van der Waals surface area contributed by atoms with Crippen molar-refractivity contribution in [2.45, 2.75) is 17.9 Å². The van der Waals surface area contributed by atoms with E-state index in [1.165, 1.54) is 54.7 Å². The number of anilines is 1. The average Bonchev–Trinajstić information content (AvgIpc) is 3.15. The molecule has 3 rings (SSSR count). The zero-order valence-electron chi connectivity index (χ0n) is 14.3. The maximum Gasteiger partial charge on any atom is 0.241 e. The van der Waals surface area contributed by atoms with Gasteiger partial charge in [-0.3, -0.25) is 4.79 Å². The Morgan fingerprint density at radius 3 is 2.26 bits per heavy atom. The number of hydrogen-bond donors (Lipinski definition) is 2. The van der Waals surface area contributed by atoms with Crippen molar-refractivity contribution in [3.63, 3.8) is 0 Å². The summed E-state index contributed by atoms with van der Waals surface area (Å²) in [6.45, 7) is 1.38. The van der Waals surface area contributed by atoms with Crippen LogP contribution in [0.5, 0.6) is 0 Å². The van der Waals surface area contributed by atoms with Crippen LogP contribution in [-0.2, 0) is 14.8 Å². The van der Waals surface area contributed by atoms with Crippen LogP contribution in [0, 0.1) is 5.82 Å². The van der Waals surface area contributed by atoms with Crippen molar-refractivity contribution in [3.05, 3.63) is 82.3 Å². The highest BCUT2D eigenvalue weighted by Crippen LogP contribution is 2.28. The van der Waals surface area contributed by atoms with Crippen molar-refractivity contribution in [3.8, 4) is 0 Å². The third-order valence-corrected chi connectivity index (χ3v) is 6.16. The second-order valence-electron chi connectivity index (χ2n) is 5.83. The summed E-state index contributed by atoms with van der Waals surface area (Å²) in [5.41, 5.74) is 1.15. The van der Waals surface area contributed by atoms with E-state index in [0.29, 0.717) is 11.3 Å². The number of benzene rings is 2. The van der Waals surface area contributed by atoms with Gasteiger partial charge < -0.3 is 5.32 Å². The Hall–Kier alpha value is -2.55. The number of amides is 1. The normalized spacial score (nSPS) is 12.5. The van der Waals surface area contributed by atoms with Gasteiger partial charge in [-0.05, 0) is 53.4 Å². The third-order valence-electron chi connectivity index (χ3n) is 3.79. The minimum Gasteiger partial charge on any atom is -0.326 e. The molecule has 0 bridgehead atoms. The monoisotopic (exact) mass is 404 g/mol. The standard InChI is InChI=1S/C19H17FN2O3S2/c1-13(23)21-16-8-10-17(11-9-16)27(24,25)22-19(18-3-2-12-26-18)14-4-6-15(20)7-5-14/h2-12,19,22H,1H3,(H,21,23). The first-order valence-electron chi connectivity index (χ1n) is 8.04. The van der Waals surface area contributed by atoms with E-state index in [9.17, 15) is 17.6 Å². The first-order valence-corrected chi connectivity index (χ1v) is 10.4. The molecule has 0 fully saturated rings. The van der Waals surface area contributed by atoms with Crippen molar-refractivity contribution in [2.75, 3.05) is 5.32 Å². The highest BCUT2D eigenvalue weighted by atomic mass is 32.2. The number of halogens is 1. The molecule has 0 aliphatic heterocycles. The second kappa shape index (κ2) is 7.99. The van der Waals surface area contributed by atoms with Crippen LogP contribution in [0.3, 0.4) is 0 Å². The zero-order chi connectivity index (χ0) is 19.4. The summed E-state index contributed by atoms with van der Waals surface area (Å²) < 4.78 is 41.6. The smallest absolute Gasteiger partial charge is 0.241 e. The fourth-order valence-electron chi connectivity index (χ4n) is 2.55. The molecule has 8 heteroatoms. The highest BCUT2D eigenvalue weighted by Gasteiger charge is 2.23. The number of rotatable bonds is 6. The minimum absolute atomic E-state index is 0.0697. The van der Waals surface area contributed by atoms with E-state index < -0.39 is 16.1 Å². The van der Waals surface area contributed by atoms with Crippen LogP contribution >= 0.6 is 11.3 Å². The fraction of sp³-hybridized carbons (Fsp3) is 0.105. The van der Waals surface area contributed by atoms with Gasteiger partial charge in [-0.25, -0.2) is 12.8 Å². The van der Waals surface area contributed by atoms with Crippen LogP contribution in [0.15, 0.2) is 70.9 Å². The van der Waals surface area contributed by atoms with Crippen molar-refractivity contribution >= 4 is 33.0 Å². The summed E-state index contributed by atoms with van der Waals surface area (Å²) in [5.74, 6) is -0.627. The van der Waals surface area contributed by atoms with Gasteiger partial charge in [0.15, 0.2) is 0 Å². The molecule has 0 saturated carbocycles. The van der Waals surface area contributed by atoms with Gasteiger partial charge in [-0.2, -0.15) is 4.72 Å². The number of thiophene rings is 1. The van der Waals surface area contributed by atoms with E-state index in [1.54, 1.807) is 12.1 Å². The topological polar surface area (TPSA) is 75.3 Å². The lowest BCUT2D eigenvalue weighted by atomic mass is 10.1. The molecule has 1 unspecified atom stereocenters. The van der Waals surface area contributed by atoms with E-state index in [2.05, 4.69) is 10.0 Å². The van der Waals surface area contributed by atoms with Crippen LogP contribution < -0.4 is 10.0 Å². The summed E-state index contributed by atoms with van der Waals surface area (Å²) in [4.78, 5) is 11.9. The van der Waals surface area contributed by atoms with Gasteiger partial charge in [-0.15, -0.1) is 11.3 Å². The quantitative estimate of drug-likeness (QED) is 0.654. The fourth-order valence-corrected chi connectivity index (χ4v) is 4.63. The molecule has 0 radical (unpaired) electrons. The van der Waals surface area contributed by atoms with Gasteiger partial charge >= 0.3 is 0 Å². The van der Waals surface area contributed by atoms with Gasteiger partial charge in [0.05, 0.1) is 10.9 Å². The Balaban J connectivity index is 1.90. The van der Waals surface area contributed by atoms with Gasteiger partial charge in [0.2, 0.25) is 15.9 Å². The van der Waals surface area contributed by atoms with E-state index in [1.807, 2.05) is 17.5 Å². The second-order valence-corrected chi connectivity index (χ2v) is 8.52.